The van der Waals surface area contributed by atoms with E-state index in [2.05, 4.69) is 21.1 Å². The molecule has 32 heavy (non-hydrogen) atoms. The van der Waals surface area contributed by atoms with Crippen LogP contribution in [0.25, 0.3) is 0 Å². The highest BCUT2D eigenvalue weighted by molar-refractivity contribution is 5.92. The highest BCUT2D eigenvalue weighted by atomic mass is 16.6. The van der Waals surface area contributed by atoms with Gasteiger partial charge in [0.25, 0.3) is 5.69 Å². The molecular weight excluding hydrogens is 410 g/mol. The summed E-state index contributed by atoms with van der Waals surface area (Å²) in [6.45, 7) is 5.25. The minimum atomic E-state index is -0.496. The minimum Gasteiger partial charge on any atom is -0.367 e. The fraction of sp³-hybridized carbons (Fsp3) is 0.304. The Labute approximate surface area is 186 Å². The molecule has 2 aromatic carbocycles. The molecule has 0 aliphatic carbocycles. The number of carbonyl (C=O) groups is 2. The van der Waals surface area contributed by atoms with Gasteiger partial charge < -0.3 is 10.2 Å². The molecule has 0 saturated heterocycles. The average Bonchev–Trinajstić information content (AvgIpc) is 2.79. The number of nitrogens with one attached hydrogen (secondary N) is 3. The summed E-state index contributed by atoms with van der Waals surface area (Å²) in [4.78, 5) is 36.9. The van der Waals surface area contributed by atoms with E-state index in [9.17, 15) is 19.7 Å². The first-order valence-corrected chi connectivity index (χ1v) is 10.5. The van der Waals surface area contributed by atoms with Crippen molar-refractivity contribution < 1.29 is 14.5 Å². The Hall–Kier alpha value is -3.88. The number of urea groups is 1. The number of anilines is 2. The molecule has 1 aliphatic rings. The van der Waals surface area contributed by atoms with Crippen LogP contribution in [-0.4, -0.2) is 30.0 Å². The van der Waals surface area contributed by atoms with Gasteiger partial charge in [0.15, 0.2) is 0 Å². The lowest BCUT2D eigenvalue weighted by molar-refractivity contribution is -0.384. The highest BCUT2D eigenvalue weighted by Crippen LogP contribution is 2.24. The molecule has 0 unspecified atom stereocenters. The van der Waals surface area contributed by atoms with Crippen molar-refractivity contribution in [2.45, 2.75) is 33.1 Å². The molecule has 0 saturated carbocycles. The van der Waals surface area contributed by atoms with Crippen LogP contribution < -0.4 is 21.1 Å². The SMILES string of the molecule is CCc1cccc(C)c1NC(=O)NNC(=O)CC1=CCN(c2ccc([N+](=O)[O-])cc2)CC1. The first-order valence-electron chi connectivity index (χ1n) is 10.5. The van der Waals surface area contributed by atoms with E-state index in [0.717, 1.165) is 34.5 Å². The second kappa shape index (κ2) is 10.4. The first kappa shape index (κ1) is 22.8. The maximum absolute atomic E-state index is 12.2. The average molecular weight is 438 g/mol. The number of hydrogen-bond donors (Lipinski definition) is 3. The van der Waals surface area contributed by atoms with E-state index in [-0.39, 0.29) is 18.0 Å². The van der Waals surface area contributed by atoms with Crippen LogP contribution in [0.15, 0.2) is 54.1 Å². The van der Waals surface area contributed by atoms with Crippen molar-refractivity contribution in [3.63, 3.8) is 0 Å². The van der Waals surface area contributed by atoms with Crippen molar-refractivity contribution in [3.05, 3.63) is 75.4 Å². The molecule has 0 atom stereocenters. The summed E-state index contributed by atoms with van der Waals surface area (Å²) in [5.74, 6) is -0.296. The maximum atomic E-state index is 12.2. The summed E-state index contributed by atoms with van der Waals surface area (Å²) < 4.78 is 0. The zero-order valence-electron chi connectivity index (χ0n) is 18.2. The van der Waals surface area contributed by atoms with Gasteiger partial charge in [-0.05, 0) is 43.0 Å². The quantitative estimate of drug-likeness (QED) is 0.361. The van der Waals surface area contributed by atoms with Crippen molar-refractivity contribution >= 4 is 29.0 Å². The van der Waals surface area contributed by atoms with Crippen molar-refractivity contribution in [2.75, 3.05) is 23.3 Å². The molecule has 168 valence electrons. The first-order chi connectivity index (χ1) is 15.4. The van der Waals surface area contributed by atoms with Crippen LogP contribution in [0, 0.1) is 17.0 Å². The van der Waals surface area contributed by atoms with Gasteiger partial charge in [0, 0.05) is 43.0 Å². The van der Waals surface area contributed by atoms with Gasteiger partial charge in [0.2, 0.25) is 5.91 Å². The molecule has 3 rings (SSSR count). The molecule has 0 aromatic heterocycles. The Kier molecular flexibility index (Phi) is 7.43. The van der Waals surface area contributed by atoms with E-state index in [1.54, 1.807) is 12.1 Å². The molecule has 0 radical (unpaired) electrons. The van der Waals surface area contributed by atoms with Crippen molar-refractivity contribution in [3.8, 4) is 0 Å². The molecule has 0 fully saturated rings. The topological polar surface area (TPSA) is 117 Å². The van der Waals surface area contributed by atoms with Gasteiger partial charge in [-0.3, -0.25) is 20.3 Å². The van der Waals surface area contributed by atoms with Gasteiger partial charge in [-0.2, -0.15) is 0 Å². The van der Waals surface area contributed by atoms with Gasteiger partial charge >= 0.3 is 6.03 Å². The molecule has 9 nitrogen and oxygen atoms in total. The van der Waals surface area contributed by atoms with Crippen LogP contribution in [-0.2, 0) is 11.2 Å². The zero-order chi connectivity index (χ0) is 23.1. The summed E-state index contributed by atoms with van der Waals surface area (Å²) in [5.41, 5.74) is 9.52. The third-order valence-corrected chi connectivity index (χ3v) is 5.41. The van der Waals surface area contributed by atoms with Crippen LogP contribution in [0.3, 0.4) is 0 Å². The highest BCUT2D eigenvalue weighted by Gasteiger charge is 2.16. The maximum Gasteiger partial charge on any atom is 0.337 e. The molecule has 0 bridgehead atoms. The fourth-order valence-electron chi connectivity index (χ4n) is 3.62. The van der Waals surface area contributed by atoms with Gasteiger partial charge in [-0.15, -0.1) is 0 Å². The van der Waals surface area contributed by atoms with E-state index in [1.807, 2.05) is 38.1 Å². The molecule has 9 heteroatoms. The minimum absolute atomic E-state index is 0.0588. The van der Waals surface area contributed by atoms with Gasteiger partial charge in [0.1, 0.15) is 0 Å². The Morgan fingerprint density at radius 1 is 1.12 bits per heavy atom. The number of carbonyl (C=O) groups excluding carboxylic acids is 2. The number of non-ortho nitro benzene ring substituents is 1. The fourth-order valence-corrected chi connectivity index (χ4v) is 3.62. The van der Waals surface area contributed by atoms with Gasteiger partial charge in [-0.1, -0.05) is 36.8 Å². The molecule has 3 N–H and O–H groups in total. The van der Waals surface area contributed by atoms with Crippen LogP contribution in [0.4, 0.5) is 21.9 Å². The summed E-state index contributed by atoms with van der Waals surface area (Å²) in [6.07, 6.45) is 3.65. The van der Waals surface area contributed by atoms with Crippen LogP contribution in [0.5, 0.6) is 0 Å². The zero-order valence-corrected chi connectivity index (χ0v) is 18.2. The predicted molar refractivity (Wildman–Crippen MR) is 123 cm³/mol. The number of hydrogen-bond acceptors (Lipinski definition) is 5. The summed E-state index contributed by atoms with van der Waals surface area (Å²) >= 11 is 0. The third-order valence-electron chi connectivity index (χ3n) is 5.41. The largest absolute Gasteiger partial charge is 0.367 e. The lowest BCUT2D eigenvalue weighted by atomic mass is 10.0. The molecule has 2 aromatic rings. The molecule has 1 aliphatic heterocycles. The third kappa shape index (κ3) is 5.84. The Bertz CT molecular complexity index is 1030. The predicted octanol–water partition coefficient (Wildman–Crippen LogP) is 3.85. The lowest BCUT2D eigenvalue weighted by Crippen LogP contribution is -2.44. The Morgan fingerprint density at radius 2 is 1.88 bits per heavy atom. The molecule has 1 heterocycles. The van der Waals surface area contributed by atoms with E-state index in [1.165, 1.54) is 12.1 Å². The Morgan fingerprint density at radius 3 is 2.50 bits per heavy atom. The van der Waals surface area contributed by atoms with Crippen LogP contribution in [0.2, 0.25) is 0 Å². The summed E-state index contributed by atoms with van der Waals surface area (Å²) in [5, 5.41) is 13.6. The summed E-state index contributed by atoms with van der Waals surface area (Å²) in [7, 11) is 0. The lowest BCUT2D eigenvalue weighted by Gasteiger charge is -2.28. The smallest absolute Gasteiger partial charge is 0.337 e. The van der Waals surface area contributed by atoms with E-state index < -0.39 is 11.0 Å². The van der Waals surface area contributed by atoms with Crippen molar-refractivity contribution in [2.24, 2.45) is 0 Å². The Balaban J connectivity index is 1.46. The number of amides is 3. The second-order valence-corrected chi connectivity index (χ2v) is 7.60. The van der Waals surface area contributed by atoms with E-state index in [0.29, 0.717) is 19.5 Å². The van der Waals surface area contributed by atoms with Crippen LogP contribution >= 0.6 is 0 Å². The van der Waals surface area contributed by atoms with Crippen LogP contribution in [0.1, 0.15) is 30.9 Å². The number of nitrogens with zero attached hydrogens (tertiary/aromatic N) is 2. The number of aryl methyl sites for hydroxylation is 2. The normalized spacial score (nSPS) is 13.2. The molecular formula is C23H27N5O4. The van der Waals surface area contributed by atoms with Crippen molar-refractivity contribution in [1.82, 2.24) is 10.9 Å². The number of rotatable bonds is 6. The number of para-hydroxylation sites is 1. The number of nitro benzene ring substituents is 1. The second-order valence-electron chi connectivity index (χ2n) is 7.60. The molecule has 3 amide bonds. The number of hydrazine groups is 1. The van der Waals surface area contributed by atoms with E-state index >= 15 is 0 Å². The van der Waals surface area contributed by atoms with E-state index in [4.69, 9.17) is 0 Å². The number of nitro groups is 1. The number of benzene rings is 2. The monoisotopic (exact) mass is 437 g/mol. The standard InChI is InChI=1S/C23H27N5O4/c1-3-18-6-4-5-16(2)22(18)24-23(30)26-25-21(29)15-17-11-13-27(14-12-17)19-7-9-20(10-8-19)28(31)32/h4-11H,3,12-15H2,1-2H3,(H,25,29)(H2,24,26,30). The summed E-state index contributed by atoms with van der Waals surface area (Å²) in [6, 6.07) is 11.7. The van der Waals surface area contributed by atoms with Crippen molar-refractivity contribution in [1.29, 1.82) is 0 Å². The molecule has 0 spiro atoms. The van der Waals surface area contributed by atoms with Gasteiger partial charge in [-0.25, -0.2) is 10.2 Å². The van der Waals surface area contributed by atoms with Gasteiger partial charge in [0.05, 0.1) is 4.92 Å².